The van der Waals surface area contributed by atoms with E-state index in [2.05, 4.69) is 29.2 Å². The fourth-order valence-electron chi connectivity index (χ4n) is 4.02. The quantitative estimate of drug-likeness (QED) is 0.538. The molecule has 5 rings (SSSR count). The average Bonchev–Trinajstić information content (AvgIpc) is 3.17. The third kappa shape index (κ3) is 3.37. The van der Waals surface area contributed by atoms with E-state index in [0.29, 0.717) is 13.0 Å². The van der Waals surface area contributed by atoms with Crippen molar-refractivity contribution in [3.63, 3.8) is 0 Å². The van der Waals surface area contributed by atoms with Gasteiger partial charge in [-0.15, -0.1) is 0 Å². The molecular formula is C21H21N3O4Sn. The van der Waals surface area contributed by atoms with E-state index >= 15 is 0 Å². The number of aromatic nitrogens is 2. The number of benzene rings is 2. The molecule has 7 nitrogen and oxygen atoms in total. The van der Waals surface area contributed by atoms with Gasteiger partial charge in [-0.1, -0.05) is 0 Å². The van der Waals surface area contributed by atoms with Gasteiger partial charge in [0.05, 0.1) is 0 Å². The third-order valence-electron chi connectivity index (χ3n) is 5.42. The molecular weight excluding hydrogens is 477 g/mol. The fourth-order valence-corrected chi connectivity index (χ4v) is 13.6. The van der Waals surface area contributed by atoms with Crippen molar-refractivity contribution in [3.05, 3.63) is 83.4 Å². The summed E-state index contributed by atoms with van der Waals surface area (Å²) in [6.45, 7) is 0.443. The molecule has 2 saturated heterocycles. The number of hydrogen-bond acceptors (Lipinski definition) is 6. The van der Waals surface area contributed by atoms with Crippen molar-refractivity contribution in [1.29, 1.82) is 0 Å². The molecule has 2 N–H and O–H groups in total. The van der Waals surface area contributed by atoms with Gasteiger partial charge in [-0.3, -0.25) is 0 Å². The molecule has 2 aliphatic rings. The van der Waals surface area contributed by atoms with Crippen LogP contribution in [0.1, 0.15) is 12.6 Å². The SMILES string of the molecule is Nc1ccn(C2CC3[O][Sn]([c]4ccccc4)([c]4ccccc4)[O]CC3O2)c(=O)n1. The molecule has 3 unspecified atom stereocenters. The van der Waals surface area contributed by atoms with Crippen LogP contribution in [0.3, 0.4) is 0 Å². The Morgan fingerprint density at radius 1 is 0.966 bits per heavy atom. The molecule has 0 saturated carbocycles. The average molecular weight is 498 g/mol. The minimum absolute atomic E-state index is 0.144. The number of anilines is 1. The Balaban J connectivity index is 1.48. The topological polar surface area (TPSA) is 88.6 Å². The molecule has 8 heteroatoms. The first-order valence-electron chi connectivity index (χ1n) is 9.59. The van der Waals surface area contributed by atoms with Crippen molar-refractivity contribution in [1.82, 2.24) is 9.55 Å². The van der Waals surface area contributed by atoms with E-state index in [-0.39, 0.29) is 18.0 Å². The summed E-state index contributed by atoms with van der Waals surface area (Å²) in [5, 5.41) is 0. The number of rotatable bonds is 3. The molecule has 1 aromatic heterocycles. The summed E-state index contributed by atoms with van der Waals surface area (Å²) < 4.78 is 23.1. The standard InChI is InChI=1S/C9H11N3O4.2C6H5.Sn/c10-7-1-2-12(9(15)11-7)8-3-5(14)6(4-13)16-8;2*1-2-4-6-5-3-1;/h1-2,5-6,8H,3-4H2,(H2,10,11,15);2*1-5H;/q-2;;;+2. The number of fused-ring (bicyclic) bond motifs is 1. The second-order valence-corrected chi connectivity index (χ2v) is 15.5. The third-order valence-corrected chi connectivity index (χ3v) is 15.1. The predicted molar refractivity (Wildman–Crippen MR) is 110 cm³/mol. The van der Waals surface area contributed by atoms with Crippen LogP contribution in [0.4, 0.5) is 5.82 Å². The first kappa shape index (κ1) is 18.8. The van der Waals surface area contributed by atoms with Gasteiger partial charge in [0.1, 0.15) is 0 Å². The molecule has 0 bridgehead atoms. The van der Waals surface area contributed by atoms with Crippen molar-refractivity contribution < 1.29 is 10.9 Å². The van der Waals surface area contributed by atoms with Crippen LogP contribution in [0.2, 0.25) is 0 Å². The number of nitrogens with two attached hydrogens (primary N) is 1. The second-order valence-electron chi connectivity index (χ2n) is 7.22. The summed E-state index contributed by atoms with van der Waals surface area (Å²) in [5.74, 6) is 0.199. The normalized spacial score (nSPS) is 25.4. The molecule has 148 valence electrons. The summed E-state index contributed by atoms with van der Waals surface area (Å²) in [5.41, 5.74) is 5.19. The Bertz CT molecular complexity index is 1020. The Morgan fingerprint density at radius 2 is 1.62 bits per heavy atom. The van der Waals surface area contributed by atoms with Gasteiger partial charge in [-0.2, -0.15) is 0 Å². The molecule has 0 aliphatic carbocycles. The summed E-state index contributed by atoms with van der Waals surface area (Å²) in [6, 6.07) is 22.0. The maximum absolute atomic E-state index is 12.2. The Hall–Kier alpha value is -2.20. The summed E-state index contributed by atoms with van der Waals surface area (Å²) in [6.07, 6.45) is 1.38. The molecule has 2 aliphatic heterocycles. The van der Waals surface area contributed by atoms with Gasteiger partial charge in [0.25, 0.3) is 0 Å². The fraction of sp³-hybridized carbons (Fsp3) is 0.238. The van der Waals surface area contributed by atoms with Crippen molar-refractivity contribution in [3.8, 4) is 0 Å². The summed E-state index contributed by atoms with van der Waals surface area (Å²) in [7, 11) is 0. The van der Waals surface area contributed by atoms with Gasteiger partial charge in [-0.25, -0.2) is 0 Å². The van der Waals surface area contributed by atoms with Crippen LogP contribution in [0.25, 0.3) is 0 Å². The van der Waals surface area contributed by atoms with E-state index in [1.165, 1.54) is 4.57 Å². The van der Waals surface area contributed by atoms with Gasteiger partial charge in [-0.05, 0) is 0 Å². The zero-order chi connectivity index (χ0) is 19.8. The number of ether oxygens (including phenoxy) is 1. The van der Waals surface area contributed by atoms with E-state index < -0.39 is 31.1 Å². The Kier molecular flexibility index (Phi) is 4.90. The van der Waals surface area contributed by atoms with Crippen molar-refractivity contribution in [2.45, 2.75) is 24.9 Å². The summed E-state index contributed by atoms with van der Waals surface area (Å²) in [4.78, 5) is 16.0. The minimum atomic E-state index is -3.83. The van der Waals surface area contributed by atoms with E-state index in [9.17, 15) is 4.79 Å². The van der Waals surface area contributed by atoms with Crippen LogP contribution < -0.4 is 18.6 Å². The zero-order valence-electron chi connectivity index (χ0n) is 15.7. The van der Waals surface area contributed by atoms with Gasteiger partial charge in [0.2, 0.25) is 0 Å². The second kappa shape index (κ2) is 7.56. The molecule has 3 atom stereocenters. The van der Waals surface area contributed by atoms with Gasteiger partial charge >= 0.3 is 173 Å². The molecule has 0 amide bonds. The van der Waals surface area contributed by atoms with E-state index in [1.54, 1.807) is 12.3 Å². The molecule has 3 aromatic rings. The number of nitrogens with zero attached hydrogens (tertiary/aromatic N) is 2. The predicted octanol–water partition coefficient (Wildman–Crippen LogP) is 0.785. The Labute approximate surface area is 173 Å². The summed E-state index contributed by atoms with van der Waals surface area (Å²) >= 11 is -3.83. The van der Waals surface area contributed by atoms with Crippen LogP contribution >= 0.6 is 0 Å². The van der Waals surface area contributed by atoms with Crippen molar-refractivity contribution >= 4 is 32.2 Å². The van der Waals surface area contributed by atoms with Crippen LogP contribution in [0.15, 0.2) is 77.7 Å². The number of nitrogen functional groups attached to an aromatic ring is 1. The van der Waals surface area contributed by atoms with Gasteiger partial charge < -0.3 is 0 Å². The van der Waals surface area contributed by atoms with Crippen molar-refractivity contribution in [2.75, 3.05) is 12.3 Å². The maximum atomic E-state index is 12.2. The first-order chi connectivity index (χ1) is 14.2. The number of hydrogen-bond donors (Lipinski definition) is 1. The molecule has 3 heterocycles. The van der Waals surface area contributed by atoms with Gasteiger partial charge in [0, 0.05) is 0 Å². The van der Waals surface area contributed by atoms with E-state index in [0.717, 1.165) is 7.16 Å². The molecule has 2 fully saturated rings. The molecule has 0 radical (unpaired) electrons. The van der Waals surface area contributed by atoms with Crippen LogP contribution in [0, 0.1) is 0 Å². The molecule has 29 heavy (non-hydrogen) atoms. The monoisotopic (exact) mass is 499 g/mol. The Morgan fingerprint density at radius 3 is 2.24 bits per heavy atom. The van der Waals surface area contributed by atoms with E-state index in [4.69, 9.17) is 16.6 Å². The van der Waals surface area contributed by atoms with Crippen LogP contribution in [-0.4, -0.2) is 47.6 Å². The molecule has 0 spiro atoms. The molecule has 2 aromatic carbocycles. The van der Waals surface area contributed by atoms with Crippen LogP contribution in [0.5, 0.6) is 0 Å². The van der Waals surface area contributed by atoms with Crippen molar-refractivity contribution in [2.24, 2.45) is 0 Å². The zero-order valence-corrected chi connectivity index (χ0v) is 18.5. The van der Waals surface area contributed by atoms with E-state index in [1.807, 2.05) is 36.4 Å². The van der Waals surface area contributed by atoms with Gasteiger partial charge in [0.15, 0.2) is 0 Å². The van der Waals surface area contributed by atoms with Crippen LogP contribution in [-0.2, 0) is 10.9 Å². The first-order valence-corrected chi connectivity index (χ1v) is 14.8.